The molecule has 1 aliphatic rings. The Morgan fingerprint density at radius 1 is 1.30 bits per heavy atom. The summed E-state index contributed by atoms with van der Waals surface area (Å²) in [6, 6.07) is 3.64. The molecular formula is C11H12N4O4S. The van der Waals surface area contributed by atoms with Crippen LogP contribution < -0.4 is 0 Å². The Labute approximate surface area is 118 Å². The molecule has 0 unspecified atom stereocenters. The van der Waals surface area contributed by atoms with Crippen molar-refractivity contribution in [1.82, 2.24) is 4.90 Å². The fourth-order valence-corrected chi connectivity index (χ4v) is 2.73. The highest BCUT2D eigenvalue weighted by Crippen LogP contribution is 2.34. The standard InChI is InChI=1S/C11H12N4O4S/c1-13-6-2-5-12-11(13)20-10-4-3-8(14(16)17)7-9(10)15(18)19/h3-4,7H,2,5-6H2,1H3. The van der Waals surface area contributed by atoms with Crippen LogP contribution in [0.15, 0.2) is 28.1 Å². The lowest BCUT2D eigenvalue weighted by Crippen LogP contribution is -2.29. The average Bonchev–Trinajstić information content (AvgIpc) is 2.41. The molecule has 1 heterocycles. The molecule has 0 aromatic heterocycles. The van der Waals surface area contributed by atoms with Crippen LogP contribution in [0.5, 0.6) is 0 Å². The van der Waals surface area contributed by atoms with Crippen LogP contribution in [0.2, 0.25) is 0 Å². The molecule has 1 aromatic carbocycles. The minimum Gasteiger partial charge on any atom is -0.354 e. The summed E-state index contributed by atoms with van der Waals surface area (Å²) in [5.41, 5.74) is -0.564. The van der Waals surface area contributed by atoms with Gasteiger partial charge in [-0.05, 0) is 24.2 Å². The van der Waals surface area contributed by atoms with Crippen molar-refractivity contribution < 1.29 is 9.85 Å². The Bertz CT molecular complexity index is 590. The number of thioether (sulfide) groups is 1. The number of rotatable bonds is 3. The van der Waals surface area contributed by atoms with Gasteiger partial charge in [-0.25, -0.2) is 0 Å². The van der Waals surface area contributed by atoms with Crippen molar-refractivity contribution in [1.29, 1.82) is 0 Å². The number of benzene rings is 1. The lowest BCUT2D eigenvalue weighted by Gasteiger charge is -2.24. The SMILES string of the molecule is CN1CCCN=C1Sc1ccc([N+](=O)[O-])cc1[N+](=O)[O-]. The van der Waals surface area contributed by atoms with E-state index in [1.807, 2.05) is 11.9 Å². The van der Waals surface area contributed by atoms with Crippen LogP contribution >= 0.6 is 11.8 Å². The second kappa shape index (κ2) is 5.87. The third-order valence-electron chi connectivity index (χ3n) is 2.78. The highest BCUT2D eigenvalue weighted by atomic mass is 32.2. The average molecular weight is 296 g/mol. The summed E-state index contributed by atoms with van der Waals surface area (Å²) in [4.78, 5) is 27.0. The van der Waals surface area contributed by atoms with Gasteiger partial charge in [0.2, 0.25) is 0 Å². The predicted octanol–water partition coefficient (Wildman–Crippen LogP) is 2.29. The van der Waals surface area contributed by atoms with Gasteiger partial charge < -0.3 is 4.90 Å². The van der Waals surface area contributed by atoms with E-state index in [9.17, 15) is 20.2 Å². The van der Waals surface area contributed by atoms with Gasteiger partial charge >= 0.3 is 0 Å². The van der Waals surface area contributed by atoms with E-state index in [4.69, 9.17) is 0 Å². The van der Waals surface area contributed by atoms with Crippen LogP contribution in [-0.2, 0) is 0 Å². The Morgan fingerprint density at radius 3 is 2.65 bits per heavy atom. The molecular weight excluding hydrogens is 284 g/mol. The van der Waals surface area contributed by atoms with Gasteiger partial charge in [0, 0.05) is 26.2 Å². The van der Waals surface area contributed by atoms with E-state index in [0.29, 0.717) is 16.6 Å². The van der Waals surface area contributed by atoms with E-state index in [2.05, 4.69) is 4.99 Å². The Morgan fingerprint density at radius 2 is 2.05 bits per heavy atom. The topological polar surface area (TPSA) is 102 Å². The summed E-state index contributed by atoms with van der Waals surface area (Å²) in [6.45, 7) is 1.53. The summed E-state index contributed by atoms with van der Waals surface area (Å²) >= 11 is 1.16. The van der Waals surface area contributed by atoms with E-state index >= 15 is 0 Å². The number of nitrogens with zero attached hydrogens (tertiary/aromatic N) is 4. The van der Waals surface area contributed by atoms with Crippen LogP contribution in [0, 0.1) is 20.2 Å². The zero-order valence-electron chi connectivity index (χ0n) is 10.7. The Kier molecular flexibility index (Phi) is 4.18. The zero-order valence-corrected chi connectivity index (χ0v) is 11.5. The summed E-state index contributed by atoms with van der Waals surface area (Å²) in [5.74, 6) is 0. The van der Waals surface area contributed by atoms with Crippen LogP contribution in [0.4, 0.5) is 11.4 Å². The van der Waals surface area contributed by atoms with Crippen molar-refractivity contribution in [3.05, 3.63) is 38.4 Å². The molecule has 0 atom stereocenters. The van der Waals surface area contributed by atoms with Crippen molar-refractivity contribution in [2.45, 2.75) is 11.3 Å². The minimum atomic E-state index is -0.647. The van der Waals surface area contributed by atoms with Gasteiger partial charge in [-0.15, -0.1) is 0 Å². The molecule has 9 heteroatoms. The summed E-state index contributed by atoms with van der Waals surface area (Å²) in [6.07, 6.45) is 0.947. The monoisotopic (exact) mass is 296 g/mol. The highest BCUT2D eigenvalue weighted by Gasteiger charge is 2.23. The molecule has 1 aromatic rings. The summed E-state index contributed by atoms with van der Waals surface area (Å²) < 4.78 is 0. The molecule has 0 spiro atoms. The maximum Gasteiger partial charge on any atom is 0.290 e. The van der Waals surface area contributed by atoms with Crippen LogP contribution in [0.25, 0.3) is 0 Å². The molecule has 20 heavy (non-hydrogen) atoms. The molecule has 106 valence electrons. The maximum atomic E-state index is 11.0. The first-order valence-corrected chi connectivity index (χ1v) is 6.67. The lowest BCUT2D eigenvalue weighted by molar-refractivity contribution is -0.396. The fourth-order valence-electron chi connectivity index (χ4n) is 1.76. The smallest absolute Gasteiger partial charge is 0.290 e. The third-order valence-corrected chi connectivity index (χ3v) is 3.97. The van der Waals surface area contributed by atoms with Crippen LogP contribution in [0.3, 0.4) is 0 Å². The number of hydrogen-bond donors (Lipinski definition) is 0. The molecule has 0 saturated carbocycles. The fraction of sp³-hybridized carbons (Fsp3) is 0.364. The Hall–Kier alpha value is -2.16. The van der Waals surface area contributed by atoms with Crippen molar-refractivity contribution in [2.24, 2.45) is 4.99 Å². The van der Waals surface area contributed by atoms with Crippen molar-refractivity contribution >= 4 is 28.3 Å². The number of amidine groups is 1. The largest absolute Gasteiger partial charge is 0.354 e. The van der Waals surface area contributed by atoms with Gasteiger partial charge in [0.1, 0.15) is 0 Å². The van der Waals surface area contributed by atoms with Crippen LogP contribution in [-0.4, -0.2) is 40.1 Å². The van der Waals surface area contributed by atoms with E-state index in [1.54, 1.807) is 0 Å². The first-order valence-electron chi connectivity index (χ1n) is 5.85. The van der Waals surface area contributed by atoms with Gasteiger partial charge in [0.25, 0.3) is 11.4 Å². The molecule has 0 fully saturated rings. The lowest BCUT2D eigenvalue weighted by atomic mass is 10.3. The van der Waals surface area contributed by atoms with Crippen molar-refractivity contribution in [3.8, 4) is 0 Å². The minimum absolute atomic E-state index is 0.272. The number of nitro groups is 2. The molecule has 1 aliphatic heterocycles. The number of non-ortho nitro benzene ring substituents is 1. The number of aliphatic imine (C=N–C) groups is 1. The second-order valence-electron chi connectivity index (χ2n) is 4.21. The van der Waals surface area contributed by atoms with Crippen molar-refractivity contribution in [3.63, 3.8) is 0 Å². The normalized spacial score (nSPS) is 14.8. The van der Waals surface area contributed by atoms with Gasteiger partial charge in [-0.1, -0.05) is 0 Å². The number of nitro benzene ring substituents is 2. The molecule has 8 nitrogen and oxygen atoms in total. The van der Waals surface area contributed by atoms with E-state index in [-0.39, 0.29) is 11.4 Å². The predicted molar refractivity (Wildman–Crippen MR) is 75.2 cm³/mol. The molecule has 0 bridgehead atoms. The van der Waals surface area contributed by atoms with Gasteiger partial charge in [0.05, 0.1) is 20.8 Å². The zero-order chi connectivity index (χ0) is 14.7. The second-order valence-corrected chi connectivity index (χ2v) is 5.22. The maximum absolute atomic E-state index is 11.0. The van der Waals surface area contributed by atoms with Crippen molar-refractivity contribution in [2.75, 3.05) is 20.1 Å². The van der Waals surface area contributed by atoms with E-state index in [0.717, 1.165) is 30.8 Å². The van der Waals surface area contributed by atoms with E-state index in [1.165, 1.54) is 12.1 Å². The number of hydrogen-bond acceptors (Lipinski definition) is 7. The quantitative estimate of drug-likeness (QED) is 0.626. The van der Waals surface area contributed by atoms with Gasteiger partial charge in [0.15, 0.2) is 5.17 Å². The molecule has 0 aliphatic carbocycles. The molecule has 0 N–H and O–H groups in total. The molecule has 0 amide bonds. The highest BCUT2D eigenvalue weighted by molar-refractivity contribution is 8.13. The van der Waals surface area contributed by atoms with Gasteiger partial charge in [-0.3, -0.25) is 25.2 Å². The summed E-state index contributed by atoms with van der Waals surface area (Å²) in [5, 5.41) is 22.4. The third kappa shape index (κ3) is 3.05. The first kappa shape index (κ1) is 14.3. The molecule has 0 radical (unpaired) electrons. The van der Waals surface area contributed by atoms with Gasteiger partial charge in [-0.2, -0.15) is 0 Å². The molecule has 0 saturated heterocycles. The van der Waals surface area contributed by atoms with E-state index < -0.39 is 9.85 Å². The van der Waals surface area contributed by atoms with Crippen LogP contribution in [0.1, 0.15) is 6.42 Å². The summed E-state index contributed by atoms with van der Waals surface area (Å²) in [7, 11) is 1.86. The first-order chi connectivity index (χ1) is 9.49. The Balaban J connectivity index is 2.33. The molecule has 2 rings (SSSR count).